The standard InChI is InChI=1S/C20H20N4O2S/c25-20(24-7-5-14-3-1-2-4-15(14)11-24)17-12-23(8-9-26-17)18-16-6-10-27-19(16)22-13-21-18/h1-4,6,10,13,17H,5,7-9,11-12H2. The molecule has 27 heavy (non-hydrogen) atoms. The average Bonchev–Trinajstić information content (AvgIpc) is 3.22. The molecule has 7 heteroatoms. The smallest absolute Gasteiger partial charge is 0.253 e. The van der Waals surface area contributed by atoms with Gasteiger partial charge in [-0.1, -0.05) is 24.3 Å². The maximum absolute atomic E-state index is 13.1. The van der Waals surface area contributed by atoms with E-state index < -0.39 is 6.10 Å². The van der Waals surface area contributed by atoms with Gasteiger partial charge in [0.1, 0.15) is 17.0 Å². The number of anilines is 1. The zero-order valence-electron chi connectivity index (χ0n) is 14.9. The first kappa shape index (κ1) is 16.6. The Labute approximate surface area is 161 Å². The summed E-state index contributed by atoms with van der Waals surface area (Å²) in [6.07, 6.45) is 2.05. The number of carbonyl (C=O) groups is 1. The molecule has 0 aliphatic carbocycles. The number of aromatic nitrogens is 2. The molecule has 1 unspecified atom stereocenters. The Bertz CT molecular complexity index is 989. The lowest BCUT2D eigenvalue weighted by Crippen LogP contribution is -2.52. The third-order valence-electron chi connectivity index (χ3n) is 5.32. The highest BCUT2D eigenvalue weighted by atomic mass is 32.1. The fourth-order valence-electron chi connectivity index (χ4n) is 3.91. The first-order valence-electron chi connectivity index (χ1n) is 9.20. The van der Waals surface area contributed by atoms with Crippen LogP contribution in [0.15, 0.2) is 42.0 Å². The maximum atomic E-state index is 13.1. The van der Waals surface area contributed by atoms with Gasteiger partial charge in [0, 0.05) is 19.6 Å². The van der Waals surface area contributed by atoms with Crippen LogP contribution in [0.2, 0.25) is 0 Å². The third-order valence-corrected chi connectivity index (χ3v) is 6.15. The highest BCUT2D eigenvalue weighted by Gasteiger charge is 2.32. The van der Waals surface area contributed by atoms with E-state index in [1.165, 1.54) is 11.1 Å². The van der Waals surface area contributed by atoms with Crippen LogP contribution in [0.4, 0.5) is 5.82 Å². The van der Waals surface area contributed by atoms with Crippen molar-refractivity contribution in [1.82, 2.24) is 14.9 Å². The number of hydrogen-bond acceptors (Lipinski definition) is 6. The summed E-state index contributed by atoms with van der Waals surface area (Å²) in [6, 6.07) is 10.4. The average molecular weight is 380 g/mol. The largest absolute Gasteiger partial charge is 0.365 e. The molecule has 0 saturated carbocycles. The molecule has 138 valence electrons. The van der Waals surface area contributed by atoms with Gasteiger partial charge in [-0.15, -0.1) is 11.3 Å². The van der Waals surface area contributed by atoms with E-state index in [0.29, 0.717) is 19.7 Å². The van der Waals surface area contributed by atoms with Gasteiger partial charge >= 0.3 is 0 Å². The van der Waals surface area contributed by atoms with Gasteiger partial charge in [0.15, 0.2) is 6.10 Å². The van der Waals surface area contributed by atoms with Crippen LogP contribution < -0.4 is 4.90 Å². The van der Waals surface area contributed by atoms with Crippen molar-refractivity contribution in [3.05, 3.63) is 53.2 Å². The second-order valence-electron chi connectivity index (χ2n) is 6.92. The van der Waals surface area contributed by atoms with Gasteiger partial charge in [-0.05, 0) is 29.0 Å². The van der Waals surface area contributed by atoms with Crippen LogP contribution in [0.1, 0.15) is 11.1 Å². The lowest BCUT2D eigenvalue weighted by molar-refractivity contribution is -0.145. The van der Waals surface area contributed by atoms with E-state index in [4.69, 9.17) is 4.74 Å². The van der Waals surface area contributed by atoms with Gasteiger partial charge in [-0.25, -0.2) is 9.97 Å². The van der Waals surface area contributed by atoms with Crippen LogP contribution in [0.3, 0.4) is 0 Å². The summed E-state index contributed by atoms with van der Waals surface area (Å²) in [5, 5.41) is 3.07. The highest BCUT2D eigenvalue weighted by molar-refractivity contribution is 7.16. The van der Waals surface area contributed by atoms with Crippen molar-refractivity contribution in [3.8, 4) is 0 Å². The lowest BCUT2D eigenvalue weighted by atomic mass is 9.99. The molecule has 1 fully saturated rings. The first-order valence-corrected chi connectivity index (χ1v) is 10.1. The van der Waals surface area contributed by atoms with Crippen molar-refractivity contribution in [2.24, 2.45) is 0 Å². The lowest BCUT2D eigenvalue weighted by Gasteiger charge is -2.37. The molecule has 5 rings (SSSR count). The zero-order valence-corrected chi connectivity index (χ0v) is 15.7. The van der Waals surface area contributed by atoms with Crippen molar-refractivity contribution in [2.45, 2.75) is 19.1 Å². The maximum Gasteiger partial charge on any atom is 0.253 e. The number of carbonyl (C=O) groups excluding carboxylic acids is 1. The minimum Gasteiger partial charge on any atom is -0.365 e. The predicted octanol–water partition coefficient (Wildman–Crippen LogP) is 2.48. The fraction of sp³-hybridized carbons (Fsp3) is 0.350. The summed E-state index contributed by atoms with van der Waals surface area (Å²) < 4.78 is 5.85. The van der Waals surface area contributed by atoms with Crippen LogP contribution in [0.25, 0.3) is 10.2 Å². The van der Waals surface area contributed by atoms with Crippen LogP contribution in [0.5, 0.6) is 0 Å². The van der Waals surface area contributed by atoms with Gasteiger partial charge in [-0.3, -0.25) is 4.79 Å². The highest BCUT2D eigenvalue weighted by Crippen LogP contribution is 2.28. The van der Waals surface area contributed by atoms with Crippen LogP contribution in [-0.4, -0.2) is 53.1 Å². The summed E-state index contributed by atoms with van der Waals surface area (Å²) in [5.74, 6) is 0.969. The number of nitrogens with zero attached hydrogens (tertiary/aromatic N) is 4. The number of amides is 1. The summed E-state index contributed by atoms with van der Waals surface area (Å²) in [5.41, 5.74) is 2.58. The number of thiophene rings is 1. The Balaban J connectivity index is 1.34. The topological polar surface area (TPSA) is 58.6 Å². The molecule has 1 atom stereocenters. The first-order chi connectivity index (χ1) is 13.3. The number of hydrogen-bond donors (Lipinski definition) is 0. The molecule has 2 aliphatic heterocycles. The molecule has 0 N–H and O–H groups in total. The molecular formula is C20H20N4O2S. The summed E-state index contributed by atoms with van der Waals surface area (Å²) in [6.45, 7) is 3.19. The van der Waals surface area contributed by atoms with E-state index >= 15 is 0 Å². The molecule has 0 bridgehead atoms. The summed E-state index contributed by atoms with van der Waals surface area (Å²) in [7, 11) is 0. The molecule has 0 spiro atoms. The molecule has 1 aromatic carbocycles. The molecule has 1 amide bonds. The molecule has 0 radical (unpaired) electrons. The van der Waals surface area contributed by atoms with Gasteiger partial charge in [0.05, 0.1) is 18.5 Å². The number of rotatable bonds is 2. The molecular weight excluding hydrogens is 360 g/mol. The van der Waals surface area contributed by atoms with Crippen molar-refractivity contribution in [1.29, 1.82) is 0 Å². The molecule has 1 saturated heterocycles. The van der Waals surface area contributed by atoms with E-state index in [9.17, 15) is 4.79 Å². The monoisotopic (exact) mass is 380 g/mol. The van der Waals surface area contributed by atoms with Gasteiger partial charge in [-0.2, -0.15) is 0 Å². The second kappa shape index (κ2) is 6.90. The van der Waals surface area contributed by atoms with Gasteiger partial charge in [0.25, 0.3) is 5.91 Å². The Morgan fingerprint density at radius 2 is 2.04 bits per heavy atom. The van der Waals surface area contributed by atoms with Crippen molar-refractivity contribution < 1.29 is 9.53 Å². The number of benzene rings is 1. The number of fused-ring (bicyclic) bond motifs is 2. The molecule has 3 aromatic rings. The van der Waals surface area contributed by atoms with E-state index in [1.54, 1.807) is 17.7 Å². The SMILES string of the molecule is O=C(C1CN(c2ncnc3sccc23)CCO1)N1CCc2ccccc2C1. The summed E-state index contributed by atoms with van der Waals surface area (Å²) >= 11 is 1.60. The Kier molecular flexibility index (Phi) is 4.26. The van der Waals surface area contributed by atoms with E-state index in [1.807, 2.05) is 22.4 Å². The van der Waals surface area contributed by atoms with E-state index in [2.05, 4.69) is 33.1 Å². The fourth-order valence-corrected chi connectivity index (χ4v) is 4.63. The zero-order chi connectivity index (χ0) is 18.2. The predicted molar refractivity (Wildman–Crippen MR) is 105 cm³/mol. The van der Waals surface area contributed by atoms with Crippen LogP contribution in [-0.2, 0) is 22.5 Å². The molecule has 2 aromatic heterocycles. The Morgan fingerprint density at radius 1 is 1.15 bits per heavy atom. The third kappa shape index (κ3) is 3.07. The van der Waals surface area contributed by atoms with Crippen molar-refractivity contribution in [3.63, 3.8) is 0 Å². The van der Waals surface area contributed by atoms with Crippen molar-refractivity contribution in [2.75, 3.05) is 31.1 Å². The Morgan fingerprint density at radius 3 is 2.96 bits per heavy atom. The van der Waals surface area contributed by atoms with Gasteiger partial charge < -0.3 is 14.5 Å². The minimum atomic E-state index is -0.451. The normalized spacial score (nSPS) is 19.9. The molecule has 6 nitrogen and oxygen atoms in total. The quantitative estimate of drug-likeness (QED) is 0.684. The number of morpholine rings is 1. The Hall–Kier alpha value is -2.51. The molecule has 2 aliphatic rings. The van der Waals surface area contributed by atoms with E-state index in [-0.39, 0.29) is 5.91 Å². The second-order valence-corrected chi connectivity index (χ2v) is 7.82. The number of ether oxygens (including phenoxy) is 1. The molecule has 4 heterocycles. The van der Waals surface area contributed by atoms with E-state index in [0.717, 1.165) is 35.5 Å². The van der Waals surface area contributed by atoms with Crippen molar-refractivity contribution >= 4 is 33.3 Å². The van der Waals surface area contributed by atoms with Crippen LogP contribution >= 0.6 is 11.3 Å². The van der Waals surface area contributed by atoms with Gasteiger partial charge in [0.2, 0.25) is 0 Å². The van der Waals surface area contributed by atoms with Crippen LogP contribution in [0, 0.1) is 0 Å². The minimum absolute atomic E-state index is 0.0739. The summed E-state index contributed by atoms with van der Waals surface area (Å²) in [4.78, 5) is 27.0.